The molecule has 10 nitrogen and oxygen atoms in total. The average Bonchev–Trinajstić information content (AvgIpc) is 2.62. The number of rotatable bonds is 3. The van der Waals surface area contributed by atoms with Crippen LogP contribution in [0.5, 0.6) is 0 Å². The number of hydrogen-bond donors (Lipinski definition) is 5. The number of aromatic amines is 1. The van der Waals surface area contributed by atoms with Gasteiger partial charge in [-0.3, -0.25) is 14.3 Å². The molecule has 5 N–H and O–H groups in total. The molecule has 1 fully saturated rings. The SMILES string of the molecule is C[C@@]1(NC(=O)O)[C@H](O)[C@@H](CO)O[C@H]1n1ccc(=O)[nH]c1=O. The normalized spacial score (nSPS) is 32.0. The molecule has 0 spiro atoms. The largest absolute Gasteiger partial charge is 0.465 e. The number of aliphatic hydroxyl groups excluding tert-OH is 2. The zero-order valence-electron chi connectivity index (χ0n) is 11.0. The summed E-state index contributed by atoms with van der Waals surface area (Å²) in [6.07, 6.45) is -4.00. The van der Waals surface area contributed by atoms with Crippen molar-refractivity contribution in [3.63, 3.8) is 0 Å². The van der Waals surface area contributed by atoms with Crippen molar-refractivity contribution in [3.05, 3.63) is 33.1 Å². The van der Waals surface area contributed by atoms with Crippen LogP contribution in [0.15, 0.2) is 21.9 Å². The maximum atomic E-state index is 11.8. The Labute approximate surface area is 117 Å². The number of aliphatic hydroxyl groups is 2. The summed E-state index contributed by atoms with van der Waals surface area (Å²) in [7, 11) is 0. The fraction of sp³-hybridized carbons (Fsp3) is 0.545. The van der Waals surface area contributed by atoms with E-state index in [1.807, 2.05) is 4.98 Å². The van der Waals surface area contributed by atoms with Gasteiger partial charge in [-0.15, -0.1) is 0 Å². The average molecular weight is 301 g/mol. The molecular weight excluding hydrogens is 286 g/mol. The van der Waals surface area contributed by atoms with Crippen LogP contribution in [0.2, 0.25) is 0 Å². The van der Waals surface area contributed by atoms with E-state index in [-0.39, 0.29) is 0 Å². The number of nitrogens with zero attached hydrogens (tertiary/aromatic N) is 1. The van der Waals surface area contributed by atoms with Crippen LogP contribution in [-0.4, -0.2) is 55.3 Å². The third-order valence-corrected chi connectivity index (χ3v) is 3.44. The first kappa shape index (κ1) is 15.2. The topological polar surface area (TPSA) is 154 Å². The minimum Gasteiger partial charge on any atom is -0.465 e. The van der Waals surface area contributed by atoms with Gasteiger partial charge in [0, 0.05) is 12.3 Å². The highest BCUT2D eigenvalue weighted by Gasteiger charge is 2.55. The second-order valence-electron chi connectivity index (χ2n) is 4.88. The highest BCUT2D eigenvalue weighted by molar-refractivity contribution is 5.66. The maximum Gasteiger partial charge on any atom is 0.405 e. The minimum absolute atomic E-state index is 0.563. The maximum absolute atomic E-state index is 11.8. The molecule has 0 unspecified atom stereocenters. The van der Waals surface area contributed by atoms with Crippen LogP contribution in [0.1, 0.15) is 13.2 Å². The van der Waals surface area contributed by atoms with Gasteiger partial charge in [-0.2, -0.15) is 0 Å². The van der Waals surface area contributed by atoms with Crippen molar-refractivity contribution < 1.29 is 24.9 Å². The summed E-state index contributed by atoms with van der Waals surface area (Å²) >= 11 is 0. The second kappa shape index (κ2) is 5.31. The van der Waals surface area contributed by atoms with Gasteiger partial charge in [0.25, 0.3) is 5.56 Å². The molecule has 0 saturated carbocycles. The van der Waals surface area contributed by atoms with Crippen molar-refractivity contribution in [1.82, 2.24) is 14.9 Å². The number of carbonyl (C=O) groups is 1. The Morgan fingerprint density at radius 1 is 1.57 bits per heavy atom. The molecule has 21 heavy (non-hydrogen) atoms. The van der Waals surface area contributed by atoms with Crippen LogP contribution < -0.4 is 16.6 Å². The molecule has 10 heteroatoms. The van der Waals surface area contributed by atoms with Gasteiger partial charge in [0.05, 0.1) is 6.61 Å². The molecule has 1 aliphatic heterocycles. The van der Waals surface area contributed by atoms with Crippen molar-refractivity contribution in [2.75, 3.05) is 6.61 Å². The summed E-state index contributed by atoms with van der Waals surface area (Å²) in [5.74, 6) is 0. The van der Waals surface area contributed by atoms with Crippen molar-refractivity contribution in [2.24, 2.45) is 0 Å². The number of ether oxygens (including phenoxy) is 1. The van der Waals surface area contributed by atoms with Gasteiger partial charge in [0.1, 0.15) is 17.7 Å². The molecular formula is C11H15N3O7. The van der Waals surface area contributed by atoms with Gasteiger partial charge >= 0.3 is 11.8 Å². The first-order valence-corrected chi connectivity index (χ1v) is 6.06. The van der Waals surface area contributed by atoms with Crippen LogP contribution in [0.3, 0.4) is 0 Å². The number of nitrogens with one attached hydrogen (secondary N) is 2. The van der Waals surface area contributed by atoms with Crippen LogP contribution in [0.25, 0.3) is 0 Å². The molecule has 4 atom stereocenters. The molecule has 1 amide bonds. The Morgan fingerprint density at radius 2 is 2.24 bits per heavy atom. The van der Waals surface area contributed by atoms with Gasteiger partial charge in [0.15, 0.2) is 6.23 Å². The zero-order chi connectivity index (χ0) is 15.8. The lowest BCUT2D eigenvalue weighted by Crippen LogP contribution is -2.58. The lowest BCUT2D eigenvalue weighted by molar-refractivity contribution is -0.0499. The van der Waals surface area contributed by atoms with E-state index in [1.54, 1.807) is 0 Å². The number of H-pyrrole nitrogens is 1. The number of carboxylic acid groups (broad SMARTS) is 1. The Bertz CT molecular complexity index is 654. The molecule has 0 aliphatic carbocycles. The summed E-state index contributed by atoms with van der Waals surface area (Å²) in [6.45, 7) is 0.774. The van der Waals surface area contributed by atoms with Crippen LogP contribution in [-0.2, 0) is 4.74 Å². The monoisotopic (exact) mass is 301 g/mol. The summed E-state index contributed by atoms with van der Waals surface area (Å²) in [5, 5.41) is 30.3. The fourth-order valence-electron chi connectivity index (χ4n) is 2.39. The first-order chi connectivity index (χ1) is 9.79. The van der Waals surface area contributed by atoms with Crippen molar-refractivity contribution in [1.29, 1.82) is 0 Å². The minimum atomic E-state index is -1.58. The van der Waals surface area contributed by atoms with E-state index in [4.69, 9.17) is 9.84 Å². The van der Waals surface area contributed by atoms with E-state index in [0.29, 0.717) is 0 Å². The van der Waals surface area contributed by atoms with E-state index >= 15 is 0 Å². The number of amides is 1. The number of aromatic nitrogens is 2. The third kappa shape index (κ3) is 2.55. The van der Waals surface area contributed by atoms with Crippen molar-refractivity contribution in [2.45, 2.75) is 30.9 Å². The molecule has 1 aliphatic rings. The molecule has 1 aromatic rings. The molecule has 1 saturated heterocycles. The van der Waals surface area contributed by atoms with Gasteiger partial charge in [0.2, 0.25) is 0 Å². The third-order valence-electron chi connectivity index (χ3n) is 3.44. The fourth-order valence-corrected chi connectivity index (χ4v) is 2.39. The lowest BCUT2D eigenvalue weighted by atomic mass is 9.92. The Kier molecular flexibility index (Phi) is 3.85. The summed E-state index contributed by atoms with van der Waals surface area (Å²) < 4.78 is 6.30. The molecule has 0 bridgehead atoms. The zero-order valence-corrected chi connectivity index (χ0v) is 11.0. The van der Waals surface area contributed by atoms with Crippen LogP contribution >= 0.6 is 0 Å². The molecule has 0 radical (unpaired) electrons. The standard InChI is InChI=1S/C11H15N3O7/c1-11(13-10(19)20)7(17)5(4-15)21-8(11)14-3-2-6(16)12-9(14)18/h2-3,5,7-8,13,15,17H,4H2,1H3,(H,19,20)(H,12,16,18)/t5-,7-,8-,11-/m1/s1. The number of hydrogen-bond acceptors (Lipinski definition) is 6. The summed E-state index contributed by atoms with van der Waals surface area (Å²) in [6, 6.07) is 1.06. The highest BCUT2D eigenvalue weighted by atomic mass is 16.5. The molecule has 2 heterocycles. The first-order valence-electron chi connectivity index (χ1n) is 6.06. The van der Waals surface area contributed by atoms with E-state index in [1.165, 1.54) is 6.92 Å². The second-order valence-corrected chi connectivity index (χ2v) is 4.88. The van der Waals surface area contributed by atoms with Gasteiger partial charge < -0.3 is 25.4 Å². The van der Waals surface area contributed by atoms with Crippen molar-refractivity contribution >= 4 is 6.09 Å². The van der Waals surface area contributed by atoms with Crippen molar-refractivity contribution in [3.8, 4) is 0 Å². The lowest BCUT2D eigenvalue weighted by Gasteiger charge is -2.32. The van der Waals surface area contributed by atoms with Gasteiger partial charge in [-0.1, -0.05) is 0 Å². The van der Waals surface area contributed by atoms with E-state index in [2.05, 4.69) is 5.32 Å². The highest BCUT2D eigenvalue weighted by Crippen LogP contribution is 2.37. The van der Waals surface area contributed by atoms with Crippen LogP contribution in [0, 0.1) is 0 Å². The van der Waals surface area contributed by atoms with E-state index in [9.17, 15) is 24.6 Å². The predicted molar refractivity (Wildman–Crippen MR) is 67.9 cm³/mol. The Balaban J connectivity index is 2.51. The molecule has 116 valence electrons. The van der Waals surface area contributed by atoms with Gasteiger partial charge in [-0.05, 0) is 6.92 Å². The van der Waals surface area contributed by atoms with E-state index < -0.39 is 47.9 Å². The molecule has 2 rings (SSSR count). The molecule has 0 aromatic carbocycles. The van der Waals surface area contributed by atoms with Gasteiger partial charge in [-0.25, -0.2) is 9.59 Å². The van der Waals surface area contributed by atoms with E-state index in [0.717, 1.165) is 16.8 Å². The summed E-state index contributed by atoms with van der Waals surface area (Å²) in [4.78, 5) is 35.8. The predicted octanol–water partition coefficient (Wildman–Crippen LogP) is -2.19. The Morgan fingerprint density at radius 3 is 2.76 bits per heavy atom. The summed E-state index contributed by atoms with van der Waals surface area (Å²) in [5.41, 5.74) is -3.03. The smallest absolute Gasteiger partial charge is 0.405 e. The molecule has 1 aromatic heterocycles. The van der Waals surface area contributed by atoms with Crippen LogP contribution in [0.4, 0.5) is 4.79 Å². The Hall–Kier alpha value is -2.17. The quantitative estimate of drug-likeness (QED) is 0.425.